The topological polar surface area (TPSA) is 45.7 Å². The van der Waals surface area contributed by atoms with E-state index < -0.39 is 0 Å². The van der Waals surface area contributed by atoms with E-state index in [1.807, 2.05) is 37.3 Å². The van der Waals surface area contributed by atoms with E-state index in [1.54, 1.807) is 0 Å². The molecule has 0 spiro atoms. The van der Waals surface area contributed by atoms with Crippen molar-refractivity contribution in [2.24, 2.45) is 11.8 Å². The summed E-state index contributed by atoms with van der Waals surface area (Å²) in [6.45, 7) is 4.57. The van der Waals surface area contributed by atoms with Gasteiger partial charge in [0.05, 0.1) is 12.0 Å². The van der Waals surface area contributed by atoms with E-state index in [-0.39, 0.29) is 17.9 Å². The van der Waals surface area contributed by atoms with Gasteiger partial charge in [0.15, 0.2) is 0 Å². The number of hydrogen-bond donors (Lipinski definition) is 0. The summed E-state index contributed by atoms with van der Waals surface area (Å²) in [7, 11) is 4.10. The Morgan fingerprint density at radius 1 is 1.48 bits per heavy atom. The van der Waals surface area contributed by atoms with Crippen molar-refractivity contribution in [1.82, 2.24) is 14.8 Å². The Morgan fingerprint density at radius 3 is 2.96 bits per heavy atom. The predicted octanol–water partition coefficient (Wildman–Crippen LogP) is 1.96. The van der Waals surface area contributed by atoms with Crippen LogP contribution in [0.25, 0.3) is 0 Å². The van der Waals surface area contributed by atoms with Gasteiger partial charge in [-0.15, -0.1) is 0 Å². The summed E-state index contributed by atoms with van der Waals surface area (Å²) in [5.41, 5.74) is 1.25. The molecule has 0 aliphatic carbocycles. The maximum Gasteiger partial charge on any atom is 0.228 e. The monoisotopic (exact) mass is 317 g/mol. The first-order chi connectivity index (χ1) is 11.1. The van der Waals surface area contributed by atoms with Crippen LogP contribution in [0.3, 0.4) is 0 Å². The Hall–Kier alpha value is -1.46. The first kappa shape index (κ1) is 16.4. The van der Waals surface area contributed by atoms with Gasteiger partial charge >= 0.3 is 0 Å². The molecule has 4 atom stereocenters. The molecule has 2 fully saturated rings. The van der Waals surface area contributed by atoms with Crippen molar-refractivity contribution >= 4 is 5.91 Å². The molecule has 0 radical (unpaired) electrons. The summed E-state index contributed by atoms with van der Waals surface area (Å²) in [5.74, 6) is 0.709. The third-order valence-corrected chi connectivity index (χ3v) is 5.38. The predicted molar refractivity (Wildman–Crippen MR) is 88.9 cm³/mol. The zero-order chi connectivity index (χ0) is 16.4. The van der Waals surface area contributed by atoms with Crippen LogP contribution in [0.1, 0.15) is 31.4 Å². The third-order valence-electron chi connectivity index (χ3n) is 5.38. The minimum Gasteiger partial charge on any atom is -0.378 e. The highest BCUT2D eigenvalue weighted by atomic mass is 16.5. The van der Waals surface area contributed by atoms with Gasteiger partial charge in [-0.2, -0.15) is 0 Å². The number of pyridine rings is 1. The summed E-state index contributed by atoms with van der Waals surface area (Å²) in [4.78, 5) is 21.2. The van der Waals surface area contributed by atoms with Crippen LogP contribution in [-0.2, 0) is 9.53 Å². The van der Waals surface area contributed by atoms with Crippen molar-refractivity contribution in [3.05, 3.63) is 30.1 Å². The Labute approximate surface area is 138 Å². The van der Waals surface area contributed by atoms with Crippen LogP contribution in [0.4, 0.5) is 0 Å². The quantitative estimate of drug-likeness (QED) is 0.851. The molecule has 2 aliphatic heterocycles. The van der Waals surface area contributed by atoms with Crippen molar-refractivity contribution in [2.75, 3.05) is 33.8 Å². The van der Waals surface area contributed by atoms with Crippen molar-refractivity contribution in [3.63, 3.8) is 0 Å². The molecule has 1 aromatic heterocycles. The first-order valence-corrected chi connectivity index (χ1v) is 8.54. The number of rotatable bonds is 4. The van der Waals surface area contributed by atoms with Gasteiger partial charge < -0.3 is 9.64 Å². The summed E-state index contributed by atoms with van der Waals surface area (Å²) in [6.07, 6.45) is 5.77. The van der Waals surface area contributed by atoms with Gasteiger partial charge in [-0.3, -0.25) is 14.7 Å². The second kappa shape index (κ2) is 6.97. The molecule has 1 aromatic rings. The van der Waals surface area contributed by atoms with Crippen LogP contribution in [0.2, 0.25) is 0 Å². The molecule has 2 saturated heterocycles. The lowest BCUT2D eigenvalue weighted by atomic mass is 9.93. The molecule has 5 heteroatoms. The van der Waals surface area contributed by atoms with E-state index in [4.69, 9.17) is 4.74 Å². The lowest BCUT2D eigenvalue weighted by Crippen LogP contribution is -2.39. The fraction of sp³-hybridized carbons (Fsp3) is 0.667. The van der Waals surface area contributed by atoms with Gasteiger partial charge in [-0.1, -0.05) is 6.07 Å². The molecule has 23 heavy (non-hydrogen) atoms. The average Bonchev–Trinajstić information content (AvgIpc) is 3.13. The minimum absolute atomic E-state index is 0.0241. The molecule has 0 N–H and O–H groups in total. The van der Waals surface area contributed by atoms with Crippen LogP contribution in [0.15, 0.2) is 24.5 Å². The molecular weight excluding hydrogens is 290 g/mol. The highest BCUT2D eigenvalue weighted by Crippen LogP contribution is 2.36. The van der Waals surface area contributed by atoms with E-state index >= 15 is 0 Å². The van der Waals surface area contributed by atoms with Gasteiger partial charge in [0.1, 0.15) is 0 Å². The maximum absolute atomic E-state index is 12.7. The highest BCUT2D eigenvalue weighted by Gasteiger charge is 2.37. The van der Waals surface area contributed by atoms with Crippen molar-refractivity contribution < 1.29 is 9.53 Å². The number of carbonyl (C=O) groups is 1. The second-order valence-electron chi connectivity index (χ2n) is 6.95. The highest BCUT2D eigenvalue weighted by molar-refractivity contribution is 5.79. The molecule has 0 saturated carbocycles. The molecule has 0 aromatic carbocycles. The molecule has 3 heterocycles. The van der Waals surface area contributed by atoms with Crippen molar-refractivity contribution in [3.8, 4) is 0 Å². The fourth-order valence-electron chi connectivity index (χ4n) is 4.08. The Balaban J connectivity index is 1.67. The summed E-state index contributed by atoms with van der Waals surface area (Å²) in [5, 5.41) is 0. The zero-order valence-corrected chi connectivity index (χ0v) is 14.3. The van der Waals surface area contributed by atoms with Crippen LogP contribution in [-0.4, -0.2) is 60.6 Å². The molecule has 1 amide bonds. The van der Waals surface area contributed by atoms with Gasteiger partial charge in [0.2, 0.25) is 5.91 Å². The SMILES string of the molecule is C[C@H]1OCC[C@H]1C(=O)N(C)C[C@@H]1CCN(C)[C@H]1c1cccnc1. The van der Waals surface area contributed by atoms with Crippen molar-refractivity contribution in [1.29, 1.82) is 0 Å². The lowest BCUT2D eigenvalue weighted by Gasteiger charge is -2.30. The number of likely N-dealkylation sites (tertiary alicyclic amines) is 1. The first-order valence-electron chi connectivity index (χ1n) is 8.54. The molecule has 3 rings (SSSR count). The fourth-order valence-corrected chi connectivity index (χ4v) is 4.08. The molecule has 126 valence electrons. The standard InChI is InChI=1S/C18H27N3O2/c1-13-16(7-10-23-13)18(22)21(3)12-15-6-9-20(2)17(15)14-5-4-8-19-11-14/h4-5,8,11,13,15-17H,6-7,9-10,12H2,1-3H3/t13-,15+,16-,17+/m1/s1. The number of ether oxygens (including phenoxy) is 1. The molecule has 0 unspecified atom stereocenters. The Morgan fingerprint density at radius 2 is 2.30 bits per heavy atom. The number of aromatic nitrogens is 1. The van der Waals surface area contributed by atoms with Crippen molar-refractivity contribution in [2.45, 2.75) is 31.9 Å². The largest absolute Gasteiger partial charge is 0.378 e. The molecule has 2 aliphatic rings. The van der Waals surface area contributed by atoms with Crippen LogP contribution in [0, 0.1) is 11.8 Å². The van der Waals surface area contributed by atoms with E-state index in [9.17, 15) is 4.79 Å². The van der Waals surface area contributed by atoms with Gasteiger partial charge in [0.25, 0.3) is 0 Å². The van der Waals surface area contributed by atoms with E-state index in [0.717, 1.165) is 25.9 Å². The Bertz CT molecular complexity index is 536. The summed E-state index contributed by atoms with van der Waals surface area (Å²) >= 11 is 0. The molecule has 0 bridgehead atoms. The molecule has 5 nitrogen and oxygen atoms in total. The van der Waals surface area contributed by atoms with E-state index in [1.165, 1.54) is 5.56 Å². The zero-order valence-electron chi connectivity index (χ0n) is 14.3. The lowest BCUT2D eigenvalue weighted by molar-refractivity contribution is -0.136. The smallest absolute Gasteiger partial charge is 0.228 e. The normalized spacial score (nSPS) is 31.4. The third kappa shape index (κ3) is 3.40. The number of nitrogens with zero attached hydrogens (tertiary/aromatic N) is 3. The minimum atomic E-state index is 0.0241. The van der Waals surface area contributed by atoms with Gasteiger partial charge in [-0.05, 0) is 50.9 Å². The van der Waals surface area contributed by atoms with Crippen LogP contribution >= 0.6 is 0 Å². The summed E-state index contributed by atoms with van der Waals surface area (Å²) < 4.78 is 5.55. The van der Waals surface area contributed by atoms with E-state index in [0.29, 0.717) is 18.6 Å². The van der Waals surface area contributed by atoms with Gasteiger partial charge in [-0.25, -0.2) is 0 Å². The van der Waals surface area contributed by atoms with Crippen LogP contribution < -0.4 is 0 Å². The summed E-state index contributed by atoms with van der Waals surface area (Å²) in [6, 6.07) is 4.47. The number of amides is 1. The van der Waals surface area contributed by atoms with Gasteiger partial charge in [0, 0.05) is 38.6 Å². The molecular formula is C18H27N3O2. The Kier molecular flexibility index (Phi) is 4.97. The van der Waals surface area contributed by atoms with Crippen LogP contribution in [0.5, 0.6) is 0 Å². The number of carbonyl (C=O) groups excluding carboxylic acids is 1. The maximum atomic E-state index is 12.7. The second-order valence-corrected chi connectivity index (χ2v) is 6.95. The number of hydrogen-bond acceptors (Lipinski definition) is 4. The average molecular weight is 317 g/mol. The van der Waals surface area contributed by atoms with E-state index in [2.05, 4.69) is 23.0 Å².